The first-order chi connectivity index (χ1) is 11.7. The second-order valence-corrected chi connectivity index (χ2v) is 7.34. The van der Waals surface area contributed by atoms with Crippen LogP contribution in [0, 0.1) is 0 Å². The van der Waals surface area contributed by atoms with Crippen LogP contribution in [0.3, 0.4) is 0 Å². The highest BCUT2D eigenvalue weighted by Crippen LogP contribution is 2.17. The second kappa shape index (κ2) is 7.74. The van der Waals surface area contributed by atoms with Crippen LogP contribution < -0.4 is 11.1 Å². The predicted molar refractivity (Wildman–Crippen MR) is 94.9 cm³/mol. The number of carboxylic acid groups (broad SMARTS) is 1. The van der Waals surface area contributed by atoms with Crippen LogP contribution in [0.1, 0.15) is 33.6 Å². The summed E-state index contributed by atoms with van der Waals surface area (Å²) in [6.45, 7) is 6.81. The maximum absolute atomic E-state index is 12.1. The van der Waals surface area contributed by atoms with Gasteiger partial charge in [-0.1, -0.05) is 6.08 Å². The van der Waals surface area contributed by atoms with Crippen molar-refractivity contribution in [3.05, 3.63) is 35.6 Å². The van der Waals surface area contributed by atoms with Crippen LogP contribution in [-0.4, -0.2) is 52.8 Å². The van der Waals surface area contributed by atoms with Crippen LogP contribution in [0.25, 0.3) is 0 Å². The van der Waals surface area contributed by atoms with Gasteiger partial charge in [0.15, 0.2) is 0 Å². The summed E-state index contributed by atoms with van der Waals surface area (Å²) < 4.78 is 5.38. The molecular formula is C18H27N3O4. The highest BCUT2D eigenvalue weighted by molar-refractivity contribution is 5.91. The molecule has 1 amide bonds. The Hall–Kier alpha value is -2.28. The van der Waals surface area contributed by atoms with Crippen molar-refractivity contribution in [2.75, 3.05) is 13.1 Å². The quantitative estimate of drug-likeness (QED) is 0.717. The van der Waals surface area contributed by atoms with Crippen LogP contribution in [0.2, 0.25) is 0 Å². The standard InChI is InChI=1S/C18H27N3O4/c1-18(2,3)25-17(24)21-8-6-14(7-9-21)20-11-13-10-12(16(22)23)4-5-15(13)19/h4-5,10-11,14-15,20H,6-9,19H2,1-3H3,(H,22,23)/b13-11-. The van der Waals surface area contributed by atoms with Crippen LogP contribution in [0.15, 0.2) is 35.6 Å². The Morgan fingerprint density at radius 1 is 1.36 bits per heavy atom. The van der Waals surface area contributed by atoms with Crippen LogP contribution >= 0.6 is 0 Å². The first-order valence-electron chi connectivity index (χ1n) is 8.48. The van der Waals surface area contributed by atoms with Gasteiger partial charge in [-0.2, -0.15) is 0 Å². The molecule has 2 aliphatic rings. The summed E-state index contributed by atoms with van der Waals surface area (Å²) in [7, 11) is 0. The second-order valence-electron chi connectivity index (χ2n) is 7.34. The van der Waals surface area contributed by atoms with E-state index in [9.17, 15) is 9.59 Å². The van der Waals surface area contributed by atoms with Crippen molar-refractivity contribution in [2.45, 2.75) is 51.3 Å². The van der Waals surface area contributed by atoms with Crippen molar-refractivity contribution in [2.24, 2.45) is 5.73 Å². The van der Waals surface area contributed by atoms with Gasteiger partial charge in [-0.15, -0.1) is 0 Å². The van der Waals surface area contributed by atoms with E-state index in [1.54, 1.807) is 23.3 Å². The topological polar surface area (TPSA) is 105 Å². The Morgan fingerprint density at radius 3 is 2.56 bits per heavy atom. The molecular weight excluding hydrogens is 322 g/mol. The molecule has 0 spiro atoms. The summed E-state index contributed by atoms with van der Waals surface area (Å²) in [6.07, 6.45) is 7.86. The van der Waals surface area contributed by atoms with Gasteiger partial charge < -0.3 is 25.8 Å². The molecule has 1 heterocycles. The maximum atomic E-state index is 12.1. The molecule has 7 nitrogen and oxygen atoms in total. The Bertz CT molecular complexity index is 608. The first-order valence-corrected chi connectivity index (χ1v) is 8.48. The molecule has 0 radical (unpaired) electrons. The number of hydrogen-bond acceptors (Lipinski definition) is 5. The molecule has 1 saturated heterocycles. The lowest BCUT2D eigenvalue weighted by atomic mass is 9.98. The monoisotopic (exact) mass is 349 g/mol. The lowest BCUT2D eigenvalue weighted by Crippen LogP contribution is -2.45. The van der Waals surface area contributed by atoms with Crippen molar-refractivity contribution < 1.29 is 19.4 Å². The number of hydrogen-bond donors (Lipinski definition) is 3. The molecule has 25 heavy (non-hydrogen) atoms. The van der Waals surface area contributed by atoms with Crippen molar-refractivity contribution in [3.8, 4) is 0 Å². The molecule has 0 saturated carbocycles. The number of likely N-dealkylation sites (tertiary alicyclic amines) is 1. The van der Waals surface area contributed by atoms with Gasteiger partial charge >= 0.3 is 12.1 Å². The molecule has 4 N–H and O–H groups in total. The number of piperidine rings is 1. The number of ether oxygens (including phenoxy) is 1. The van der Waals surface area contributed by atoms with Crippen molar-refractivity contribution in [1.29, 1.82) is 0 Å². The minimum absolute atomic E-state index is 0.214. The lowest BCUT2D eigenvalue weighted by molar-refractivity contribution is -0.132. The highest BCUT2D eigenvalue weighted by Gasteiger charge is 2.26. The zero-order chi connectivity index (χ0) is 18.6. The average Bonchev–Trinajstić information content (AvgIpc) is 2.52. The Kier molecular flexibility index (Phi) is 5.89. The average molecular weight is 349 g/mol. The predicted octanol–water partition coefficient (Wildman–Crippen LogP) is 1.77. The zero-order valence-corrected chi connectivity index (χ0v) is 15.0. The first kappa shape index (κ1) is 19.1. The number of carbonyl (C=O) groups excluding carboxylic acids is 1. The van der Waals surface area contributed by atoms with Gasteiger partial charge in [-0.3, -0.25) is 0 Å². The van der Waals surface area contributed by atoms with Crippen LogP contribution in [-0.2, 0) is 9.53 Å². The van der Waals surface area contributed by atoms with E-state index in [-0.39, 0.29) is 23.8 Å². The number of amides is 1. The van der Waals surface area contributed by atoms with E-state index >= 15 is 0 Å². The van der Waals surface area contributed by atoms with Crippen molar-refractivity contribution in [3.63, 3.8) is 0 Å². The SMILES string of the molecule is CC(C)(C)OC(=O)N1CCC(N/C=C2/C=C(C(=O)O)C=CC2N)CC1. The van der Waals surface area contributed by atoms with E-state index in [1.807, 2.05) is 20.8 Å². The minimum atomic E-state index is -0.972. The summed E-state index contributed by atoms with van der Waals surface area (Å²) in [4.78, 5) is 24.8. The highest BCUT2D eigenvalue weighted by atomic mass is 16.6. The lowest BCUT2D eigenvalue weighted by Gasteiger charge is -2.33. The zero-order valence-electron chi connectivity index (χ0n) is 15.0. The third-order valence-corrected chi connectivity index (χ3v) is 4.07. The van der Waals surface area contributed by atoms with Crippen molar-refractivity contribution >= 4 is 12.1 Å². The smallest absolute Gasteiger partial charge is 0.410 e. The number of carbonyl (C=O) groups is 2. The van der Waals surface area contributed by atoms with Gasteiger partial charge in [-0.05, 0) is 51.3 Å². The van der Waals surface area contributed by atoms with E-state index in [0.29, 0.717) is 13.1 Å². The molecule has 1 aliphatic carbocycles. The molecule has 138 valence electrons. The molecule has 1 aliphatic heterocycles. The Labute approximate surface area is 148 Å². The van der Waals surface area contributed by atoms with Gasteiger partial charge in [0, 0.05) is 31.4 Å². The third kappa shape index (κ3) is 5.63. The fraction of sp³-hybridized carbons (Fsp3) is 0.556. The molecule has 1 atom stereocenters. The number of nitrogens with zero attached hydrogens (tertiary/aromatic N) is 1. The molecule has 1 unspecified atom stereocenters. The number of rotatable bonds is 3. The number of carboxylic acids is 1. The number of nitrogens with two attached hydrogens (primary N) is 1. The van der Waals surface area contributed by atoms with Gasteiger partial charge in [0.2, 0.25) is 0 Å². The molecule has 7 heteroatoms. The van der Waals surface area contributed by atoms with Gasteiger partial charge in [0.1, 0.15) is 5.60 Å². The summed E-state index contributed by atoms with van der Waals surface area (Å²) in [5, 5.41) is 12.4. The molecule has 0 aromatic rings. The number of nitrogens with one attached hydrogen (secondary N) is 1. The summed E-state index contributed by atoms with van der Waals surface area (Å²) in [6, 6.07) is -0.108. The maximum Gasteiger partial charge on any atom is 0.410 e. The molecule has 0 aromatic heterocycles. The van der Waals surface area contributed by atoms with E-state index < -0.39 is 11.6 Å². The fourth-order valence-electron chi connectivity index (χ4n) is 2.68. The number of aliphatic carboxylic acids is 1. The molecule has 0 bridgehead atoms. The van der Waals surface area contributed by atoms with Crippen LogP contribution in [0.5, 0.6) is 0 Å². The van der Waals surface area contributed by atoms with Gasteiger partial charge in [0.05, 0.1) is 5.57 Å². The minimum Gasteiger partial charge on any atom is -0.478 e. The fourth-order valence-corrected chi connectivity index (χ4v) is 2.68. The summed E-state index contributed by atoms with van der Waals surface area (Å²) >= 11 is 0. The van der Waals surface area contributed by atoms with Crippen LogP contribution in [0.4, 0.5) is 4.79 Å². The van der Waals surface area contributed by atoms with E-state index in [0.717, 1.165) is 18.4 Å². The van der Waals surface area contributed by atoms with Gasteiger partial charge in [-0.25, -0.2) is 9.59 Å². The van der Waals surface area contributed by atoms with E-state index in [2.05, 4.69) is 5.32 Å². The molecule has 2 rings (SSSR count). The third-order valence-electron chi connectivity index (χ3n) is 4.07. The van der Waals surface area contributed by atoms with E-state index in [4.69, 9.17) is 15.6 Å². The van der Waals surface area contributed by atoms with E-state index in [1.165, 1.54) is 6.08 Å². The Morgan fingerprint density at radius 2 is 2.00 bits per heavy atom. The largest absolute Gasteiger partial charge is 0.478 e. The molecule has 0 aromatic carbocycles. The molecule has 1 fully saturated rings. The normalized spacial score (nSPS) is 23.4. The van der Waals surface area contributed by atoms with Gasteiger partial charge in [0.25, 0.3) is 0 Å². The van der Waals surface area contributed by atoms with Crippen molar-refractivity contribution in [1.82, 2.24) is 10.2 Å². The summed E-state index contributed by atoms with van der Waals surface area (Å²) in [5.74, 6) is -0.972. The summed E-state index contributed by atoms with van der Waals surface area (Å²) in [5.41, 5.74) is 6.43. The Balaban J connectivity index is 1.87.